The van der Waals surface area contributed by atoms with Crippen molar-refractivity contribution in [1.29, 1.82) is 0 Å². The minimum Gasteiger partial charge on any atom is -0.479 e. The van der Waals surface area contributed by atoms with Gasteiger partial charge in [0.05, 0.1) is 6.20 Å². The fourth-order valence-electron chi connectivity index (χ4n) is 4.02. The Morgan fingerprint density at radius 1 is 1.30 bits per heavy atom. The van der Waals surface area contributed by atoms with Gasteiger partial charge in [0.15, 0.2) is 6.10 Å². The van der Waals surface area contributed by atoms with E-state index in [1.54, 1.807) is 18.3 Å². The summed E-state index contributed by atoms with van der Waals surface area (Å²) in [6.07, 6.45) is 2.17. The van der Waals surface area contributed by atoms with Crippen LogP contribution in [0.1, 0.15) is 40.0 Å². The summed E-state index contributed by atoms with van der Waals surface area (Å²) in [6, 6.07) is 3.50. The lowest BCUT2D eigenvalue weighted by molar-refractivity contribution is -0.136. The van der Waals surface area contributed by atoms with Crippen molar-refractivity contribution >= 4 is 27.9 Å². The average Bonchev–Trinajstić information content (AvgIpc) is 2.96. The van der Waals surface area contributed by atoms with Crippen LogP contribution in [0.4, 0.5) is 4.79 Å². The van der Waals surface area contributed by atoms with Crippen LogP contribution >= 0.6 is 15.9 Å². The van der Waals surface area contributed by atoms with E-state index < -0.39 is 12.2 Å². The molecule has 1 aromatic rings. The van der Waals surface area contributed by atoms with Crippen LogP contribution in [0.15, 0.2) is 22.9 Å². The van der Waals surface area contributed by atoms with E-state index in [-0.39, 0.29) is 23.4 Å². The molecule has 2 saturated heterocycles. The van der Waals surface area contributed by atoms with Gasteiger partial charge in [0, 0.05) is 31.6 Å². The van der Waals surface area contributed by atoms with Crippen molar-refractivity contribution in [2.24, 2.45) is 5.41 Å². The lowest BCUT2D eigenvalue weighted by Gasteiger charge is -2.46. The van der Waals surface area contributed by atoms with Crippen molar-refractivity contribution in [3.63, 3.8) is 0 Å². The number of hydrogen-bond donors (Lipinski definition) is 1. The van der Waals surface area contributed by atoms with Crippen LogP contribution in [-0.2, 0) is 4.79 Å². The molecular formula is C19H26BrN3O4. The normalized spacial score (nSPS) is 26.4. The van der Waals surface area contributed by atoms with E-state index in [0.29, 0.717) is 42.7 Å². The van der Waals surface area contributed by atoms with Crippen molar-refractivity contribution < 1.29 is 19.4 Å². The van der Waals surface area contributed by atoms with E-state index in [0.717, 1.165) is 0 Å². The third-order valence-electron chi connectivity index (χ3n) is 5.43. The number of halogens is 1. The monoisotopic (exact) mass is 439 g/mol. The number of carboxylic acid groups (broad SMARTS) is 1. The van der Waals surface area contributed by atoms with Gasteiger partial charge in [-0.05, 0) is 46.3 Å². The molecule has 2 amide bonds. The first-order chi connectivity index (χ1) is 12.7. The number of amides is 2. The summed E-state index contributed by atoms with van der Waals surface area (Å²) >= 11 is 3.28. The number of carbonyl (C=O) groups is 2. The largest absolute Gasteiger partial charge is 0.479 e. The minimum atomic E-state index is -0.884. The molecular weight excluding hydrogens is 414 g/mol. The molecule has 27 heavy (non-hydrogen) atoms. The van der Waals surface area contributed by atoms with Gasteiger partial charge in [-0.1, -0.05) is 20.8 Å². The standard InChI is InChI=1S/C19H26BrN3O4/c1-19(2,3)15-10-12(6-8-23(15)18(25)26)22-9-7-14(17(22)24)27-13-4-5-16(20)21-11-13/h4-5,11-12,14-15H,6-10H2,1-3H3,(H,25,26)/t12?,14?,15-/m0/s1. The van der Waals surface area contributed by atoms with Gasteiger partial charge in [0.25, 0.3) is 5.91 Å². The van der Waals surface area contributed by atoms with Gasteiger partial charge in [0.1, 0.15) is 10.4 Å². The molecule has 0 saturated carbocycles. The zero-order valence-electron chi connectivity index (χ0n) is 15.9. The molecule has 7 nitrogen and oxygen atoms in total. The van der Waals surface area contributed by atoms with E-state index >= 15 is 0 Å². The Morgan fingerprint density at radius 2 is 2.04 bits per heavy atom. The molecule has 1 aromatic heterocycles. The number of aromatic nitrogens is 1. The molecule has 0 spiro atoms. The SMILES string of the molecule is CC(C)(C)[C@@H]1CC(N2CCC(Oc3ccc(Br)nc3)C2=O)CCN1C(=O)O. The summed E-state index contributed by atoms with van der Waals surface area (Å²) in [5.41, 5.74) is -0.182. The van der Waals surface area contributed by atoms with Gasteiger partial charge >= 0.3 is 6.09 Å². The Balaban J connectivity index is 1.67. The summed E-state index contributed by atoms with van der Waals surface area (Å²) in [5.74, 6) is 0.561. The Morgan fingerprint density at radius 3 is 2.63 bits per heavy atom. The van der Waals surface area contributed by atoms with E-state index in [2.05, 4.69) is 20.9 Å². The number of piperidine rings is 1. The number of nitrogens with zero attached hydrogens (tertiary/aromatic N) is 3. The maximum atomic E-state index is 12.9. The first-order valence-electron chi connectivity index (χ1n) is 9.25. The van der Waals surface area contributed by atoms with Crippen LogP contribution in [0.25, 0.3) is 0 Å². The van der Waals surface area contributed by atoms with Crippen LogP contribution in [0, 0.1) is 5.41 Å². The second-order valence-electron chi connectivity index (χ2n) is 8.28. The van der Waals surface area contributed by atoms with Gasteiger partial charge < -0.3 is 19.6 Å². The van der Waals surface area contributed by atoms with Crippen LogP contribution in [-0.4, -0.2) is 63.2 Å². The highest BCUT2D eigenvalue weighted by atomic mass is 79.9. The molecule has 2 fully saturated rings. The first kappa shape index (κ1) is 19.9. The minimum absolute atomic E-state index is 0.0145. The van der Waals surface area contributed by atoms with Gasteiger partial charge in [0.2, 0.25) is 0 Å². The van der Waals surface area contributed by atoms with Crippen LogP contribution < -0.4 is 4.74 Å². The third kappa shape index (κ3) is 4.36. The zero-order valence-corrected chi connectivity index (χ0v) is 17.5. The summed E-state index contributed by atoms with van der Waals surface area (Å²) < 4.78 is 6.55. The Labute approximate surface area is 167 Å². The van der Waals surface area contributed by atoms with E-state index in [1.165, 1.54) is 4.90 Å². The molecule has 3 atom stereocenters. The Kier molecular flexibility index (Phi) is 5.65. The highest BCUT2D eigenvalue weighted by molar-refractivity contribution is 9.10. The van der Waals surface area contributed by atoms with Crippen LogP contribution in [0.3, 0.4) is 0 Å². The zero-order chi connectivity index (χ0) is 19.8. The molecule has 0 aromatic carbocycles. The Hall–Kier alpha value is -1.83. The molecule has 1 N–H and O–H groups in total. The van der Waals surface area contributed by atoms with Crippen molar-refractivity contribution in [1.82, 2.24) is 14.8 Å². The second kappa shape index (κ2) is 7.66. The summed E-state index contributed by atoms with van der Waals surface area (Å²) in [5, 5.41) is 9.52. The van der Waals surface area contributed by atoms with Crippen molar-refractivity contribution in [3.05, 3.63) is 22.9 Å². The van der Waals surface area contributed by atoms with Gasteiger partial charge in [-0.2, -0.15) is 0 Å². The molecule has 2 aliphatic rings. The van der Waals surface area contributed by atoms with Crippen molar-refractivity contribution in [2.75, 3.05) is 13.1 Å². The number of pyridine rings is 1. The Bertz CT molecular complexity index is 704. The summed E-state index contributed by atoms with van der Waals surface area (Å²) in [6.45, 7) is 7.24. The quantitative estimate of drug-likeness (QED) is 0.729. The van der Waals surface area contributed by atoms with E-state index in [1.807, 2.05) is 25.7 Å². The van der Waals surface area contributed by atoms with Crippen molar-refractivity contribution in [3.8, 4) is 5.75 Å². The highest BCUT2D eigenvalue weighted by Crippen LogP contribution is 2.35. The van der Waals surface area contributed by atoms with Gasteiger partial charge in [-0.3, -0.25) is 4.79 Å². The number of likely N-dealkylation sites (tertiary alicyclic amines) is 2. The summed E-state index contributed by atoms with van der Waals surface area (Å²) in [7, 11) is 0. The van der Waals surface area contributed by atoms with Crippen LogP contribution in [0.5, 0.6) is 5.75 Å². The predicted octanol–water partition coefficient (Wildman–Crippen LogP) is 3.38. The second-order valence-corrected chi connectivity index (χ2v) is 9.09. The summed E-state index contributed by atoms with van der Waals surface area (Å²) in [4.78, 5) is 32.0. The number of carbonyl (C=O) groups excluding carboxylic acids is 1. The molecule has 2 aliphatic heterocycles. The lowest BCUT2D eigenvalue weighted by Crippen LogP contribution is -2.56. The van der Waals surface area contributed by atoms with E-state index in [4.69, 9.17) is 4.74 Å². The van der Waals surface area contributed by atoms with Crippen LogP contribution in [0.2, 0.25) is 0 Å². The molecule has 2 unspecified atom stereocenters. The smallest absolute Gasteiger partial charge is 0.407 e. The maximum Gasteiger partial charge on any atom is 0.407 e. The average molecular weight is 440 g/mol. The van der Waals surface area contributed by atoms with Crippen molar-refractivity contribution in [2.45, 2.75) is 58.2 Å². The topological polar surface area (TPSA) is 83.0 Å². The maximum absolute atomic E-state index is 12.9. The highest BCUT2D eigenvalue weighted by Gasteiger charge is 2.44. The molecule has 0 aliphatic carbocycles. The predicted molar refractivity (Wildman–Crippen MR) is 104 cm³/mol. The number of ether oxygens (including phenoxy) is 1. The molecule has 8 heteroatoms. The number of hydrogen-bond acceptors (Lipinski definition) is 4. The molecule has 0 bridgehead atoms. The lowest BCUT2D eigenvalue weighted by atomic mass is 9.79. The van der Waals surface area contributed by atoms with Gasteiger partial charge in [-0.15, -0.1) is 0 Å². The molecule has 3 heterocycles. The number of rotatable bonds is 3. The molecule has 148 valence electrons. The fraction of sp³-hybridized carbons (Fsp3) is 0.632. The van der Waals surface area contributed by atoms with Gasteiger partial charge in [-0.25, -0.2) is 9.78 Å². The van der Waals surface area contributed by atoms with E-state index in [9.17, 15) is 14.7 Å². The molecule has 3 rings (SSSR count). The first-order valence-corrected chi connectivity index (χ1v) is 10.0. The molecule has 0 radical (unpaired) electrons. The third-order valence-corrected chi connectivity index (χ3v) is 5.90. The fourth-order valence-corrected chi connectivity index (χ4v) is 4.26.